The molecule has 0 fully saturated rings. The smallest absolute Gasteiger partial charge is 0.279 e. The van der Waals surface area contributed by atoms with Crippen LogP contribution in [0.25, 0.3) is 0 Å². The van der Waals surface area contributed by atoms with E-state index in [2.05, 4.69) is 21.9 Å². The fourth-order valence-electron chi connectivity index (χ4n) is 1.57. The Bertz CT molecular complexity index is 583. The molecule has 5 heteroatoms. The largest absolute Gasteiger partial charge is 0.354 e. The van der Waals surface area contributed by atoms with Crippen molar-refractivity contribution in [3.63, 3.8) is 0 Å². The predicted octanol–water partition coefficient (Wildman–Crippen LogP) is 1.36. The highest BCUT2D eigenvalue weighted by Crippen LogP contribution is 2.06. The first-order valence-electron chi connectivity index (χ1n) is 5.87. The Balaban J connectivity index is 3.02. The number of H-pyrrole nitrogens is 1. The summed E-state index contributed by atoms with van der Waals surface area (Å²) in [6.07, 6.45) is 9.37. The summed E-state index contributed by atoms with van der Waals surface area (Å²) in [5, 5.41) is 2.37. The molecule has 0 aromatic carbocycles. The van der Waals surface area contributed by atoms with Gasteiger partial charge in [0.1, 0.15) is 0 Å². The summed E-state index contributed by atoms with van der Waals surface area (Å²) in [4.78, 5) is 29.6. The molecule has 0 atom stereocenters. The number of nitrogens with zero attached hydrogens (tertiary/aromatic N) is 1. The van der Waals surface area contributed by atoms with Crippen molar-refractivity contribution >= 4 is 5.91 Å². The van der Waals surface area contributed by atoms with Crippen molar-refractivity contribution in [3.05, 3.63) is 64.4 Å². The number of hydrogen-bond donors (Lipinski definition) is 2. The second-order valence-electron chi connectivity index (χ2n) is 3.82. The molecule has 0 aliphatic heterocycles. The van der Waals surface area contributed by atoms with Crippen molar-refractivity contribution in [2.75, 3.05) is 7.05 Å². The van der Waals surface area contributed by atoms with E-state index in [1.54, 1.807) is 6.08 Å². The minimum Gasteiger partial charge on any atom is -0.354 e. The van der Waals surface area contributed by atoms with Gasteiger partial charge in [0.05, 0.1) is 0 Å². The number of aromatic nitrogens is 2. The van der Waals surface area contributed by atoms with Crippen molar-refractivity contribution in [1.82, 2.24) is 15.3 Å². The zero-order valence-electron chi connectivity index (χ0n) is 11.1. The summed E-state index contributed by atoms with van der Waals surface area (Å²) < 4.78 is 0. The van der Waals surface area contributed by atoms with Gasteiger partial charge >= 0.3 is 0 Å². The summed E-state index contributed by atoms with van der Waals surface area (Å²) in [7, 11) is 1.45. The van der Waals surface area contributed by atoms with Crippen LogP contribution in [0.3, 0.4) is 0 Å². The molecule has 0 unspecified atom stereocenters. The van der Waals surface area contributed by atoms with E-state index in [9.17, 15) is 9.59 Å². The second kappa shape index (κ2) is 7.10. The lowest BCUT2D eigenvalue weighted by Crippen LogP contribution is -2.28. The molecule has 1 aromatic heterocycles. The van der Waals surface area contributed by atoms with Crippen LogP contribution in [0.4, 0.5) is 0 Å². The third kappa shape index (κ3) is 4.06. The second-order valence-corrected chi connectivity index (χ2v) is 3.82. The fraction of sp³-hybridized carbons (Fsp3) is 0.214. The van der Waals surface area contributed by atoms with Gasteiger partial charge in [-0.2, -0.15) is 0 Å². The molecule has 0 radical (unpaired) electrons. The molecule has 0 spiro atoms. The number of amides is 1. The van der Waals surface area contributed by atoms with Gasteiger partial charge in [-0.25, -0.2) is 4.98 Å². The molecule has 1 rings (SSSR count). The minimum atomic E-state index is -0.497. The Morgan fingerprint density at radius 1 is 1.58 bits per heavy atom. The van der Waals surface area contributed by atoms with Gasteiger partial charge in [-0.05, 0) is 12.5 Å². The molecule has 19 heavy (non-hydrogen) atoms. The lowest BCUT2D eigenvalue weighted by Gasteiger charge is -2.03. The van der Waals surface area contributed by atoms with Crippen molar-refractivity contribution in [3.8, 4) is 0 Å². The number of nitrogens with one attached hydrogen (secondary N) is 2. The first-order valence-corrected chi connectivity index (χ1v) is 5.87. The molecule has 0 aliphatic rings. The topological polar surface area (TPSA) is 74.8 Å². The van der Waals surface area contributed by atoms with E-state index in [1.807, 2.05) is 25.2 Å². The van der Waals surface area contributed by atoms with Crippen LogP contribution in [-0.2, 0) is 6.42 Å². The van der Waals surface area contributed by atoms with Gasteiger partial charge in [-0.1, -0.05) is 30.9 Å². The number of aromatic amines is 1. The van der Waals surface area contributed by atoms with Crippen molar-refractivity contribution in [1.29, 1.82) is 0 Å². The van der Waals surface area contributed by atoms with Crippen LogP contribution in [0, 0.1) is 0 Å². The number of hydrogen-bond acceptors (Lipinski definition) is 3. The van der Waals surface area contributed by atoms with Gasteiger partial charge in [-0.15, -0.1) is 0 Å². The maximum Gasteiger partial charge on any atom is 0.279 e. The summed E-state index contributed by atoms with van der Waals surface area (Å²) >= 11 is 0. The number of rotatable bonds is 5. The van der Waals surface area contributed by atoms with Crippen LogP contribution >= 0.6 is 0 Å². The summed E-state index contributed by atoms with van der Waals surface area (Å²) in [5.74, 6) is -0.497. The Hall–Kier alpha value is -2.43. The van der Waals surface area contributed by atoms with Crippen LogP contribution in [0.5, 0.6) is 0 Å². The molecule has 0 bridgehead atoms. The van der Waals surface area contributed by atoms with Crippen molar-refractivity contribution < 1.29 is 4.79 Å². The number of carbonyl (C=O) groups excluding carboxylic acids is 1. The van der Waals surface area contributed by atoms with E-state index in [1.165, 1.54) is 13.2 Å². The Labute approximate surface area is 111 Å². The molecule has 5 nitrogen and oxygen atoms in total. The third-order valence-corrected chi connectivity index (χ3v) is 2.39. The average molecular weight is 259 g/mol. The van der Waals surface area contributed by atoms with E-state index in [0.29, 0.717) is 12.1 Å². The molecule has 1 heterocycles. The van der Waals surface area contributed by atoms with Crippen molar-refractivity contribution in [2.24, 2.45) is 0 Å². The predicted molar refractivity (Wildman–Crippen MR) is 75.0 cm³/mol. The number of carbonyl (C=O) groups is 1. The van der Waals surface area contributed by atoms with Gasteiger partial charge in [-0.3, -0.25) is 9.59 Å². The van der Waals surface area contributed by atoms with Crippen LogP contribution < -0.4 is 10.9 Å². The molecule has 0 saturated heterocycles. The van der Waals surface area contributed by atoms with Crippen LogP contribution in [0.1, 0.15) is 23.1 Å². The third-order valence-electron chi connectivity index (χ3n) is 2.39. The minimum absolute atomic E-state index is 0.133. The Morgan fingerprint density at radius 3 is 2.84 bits per heavy atom. The number of allylic oxidation sites excluding steroid dienone is 5. The molecule has 1 aromatic rings. The van der Waals surface area contributed by atoms with E-state index in [4.69, 9.17) is 0 Å². The molecule has 1 amide bonds. The lowest BCUT2D eigenvalue weighted by atomic mass is 10.1. The van der Waals surface area contributed by atoms with E-state index in [0.717, 1.165) is 5.57 Å². The van der Waals surface area contributed by atoms with Gasteiger partial charge in [0.15, 0.2) is 5.69 Å². The average Bonchev–Trinajstić information content (AvgIpc) is 2.38. The SMILES string of the molecule is C=C/C=C(\C=C/C)Cc1cnc(C(=O)NC)c(=O)[nH]1. The first kappa shape index (κ1) is 14.6. The highest BCUT2D eigenvalue weighted by molar-refractivity contribution is 5.91. The normalized spacial score (nSPS) is 11.6. The van der Waals surface area contributed by atoms with Gasteiger partial charge in [0.2, 0.25) is 0 Å². The van der Waals surface area contributed by atoms with Crippen LogP contribution in [0.15, 0.2) is 47.4 Å². The van der Waals surface area contributed by atoms with Gasteiger partial charge in [0, 0.05) is 25.4 Å². The summed E-state index contributed by atoms with van der Waals surface area (Å²) in [6, 6.07) is 0. The molecular weight excluding hydrogens is 242 g/mol. The lowest BCUT2D eigenvalue weighted by molar-refractivity contribution is 0.0956. The van der Waals surface area contributed by atoms with E-state index in [-0.39, 0.29) is 5.69 Å². The molecular formula is C14H17N3O2. The maximum absolute atomic E-state index is 11.7. The zero-order valence-corrected chi connectivity index (χ0v) is 11.1. The van der Waals surface area contributed by atoms with Gasteiger partial charge in [0.25, 0.3) is 11.5 Å². The van der Waals surface area contributed by atoms with Crippen LogP contribution in [-0.4, -0.2) is 22.9 Å². The van der Waals surface area contributed by atoms with E-state index >= 15 is 0 Å². The fourth-order valence-corrected chi connectivity index (χ4v) is 1.57. The molecule has 2 N–H and O–H groups in total. The van der Waals surface area contributed by atoms with Crippen LogP contribution in [0.2, 0.25) is 0 Å². The van der Waals surface area contributed by atoms with Gasteiger partial charge < -0.3 is 10.3 Å². The highest BCUT2D eigenvalue weighted by atomic mass is 16.2. The summed E-state index contributed by atoms with van der Waals surface area (Å²) in [5.41, 5.74) is 1.01. The zero-order chi connectivity index (χ0) is 14.3. The van der Waals surface area contributed by atoms with Crippen molar-refractivity contribution in [2.45, 2.75) is 13.3 Å². The Kier molecular flexibility index (Phi) is 5.47. The molecule has 100 valence electrons. The molecule has 0 saturated carbocycles. The maximum atomic E-state index is 11.7. The van der Waals surface area contributed by atoms with E-state index < -0.39 is 11.5 Å². The summed E-state index contributed by atoms with van der Waals surface area (Å²) in [6.45, 7) is 5.55. The highest BCUT2D eigenvalue weighted by Gasteiger charge is 2.10. The standard InChI is InChI=1S/C14H17N3O2/c1-4-6-10(7-5-2)8-11-9-16-12(13(18)15-3)14(19)17-11/h4-7,9H,1,8H2,2-3H3,(H,15,18)(H,17,19)/b7-5-,10-6+. The monoisotopic (exact) mass is 259 g/mol. The first-order chi connectivity index (χ1) is 9.12. The molecule has 0 aliphatic carbocycles. The Morgan fingerprint density at radius 2 is 2.32 bits per heavy atom. The quantitative estimate of drug-likeness (QED) is 0.784.